The van der Waals surface area contributed by atoms with Crippen LogP contribution in [0.2, 0.25) is 0 Å². The molecule has 0 radical (unpaired) electrons. The molecule has 1 fully saturated rings. The van der Waals surface area contributed by atoms with E-state index >= 15 is 0 Å². The normalized spacial score (nSPS) is 15.5. The standard InChI is InChI=1S/C18H28N2O2/c1-14-6-7-15(2)17(13-14)22-12-4-3-5-18(21)20-16-8-10-19-11-9-16/h6-7,13,16,19H,3-5,8-12H2,1-2H3,(H,20,21). The molecular formula is C18H28N2O2. The minimum Gasteiger partial charge on any atom is -0.493 e. The second kappa shape index (κ2) is 8.79. The molecule has 1 saturated heterocycles. The maximum absolute atomic E-state index is 11.9. The number of ether oxygens (including phenoxy) is 1. The van der Waals surface area contributed by atoms with Crippen LogP contribution in [0.3, 0.4) is 0 Å². The fraction of sp³-hybridized carbons (Fsp3) is 0.611. The van der Waals surface area contributed by atoms with Crippen molar-refractivity contribution >= 4 is 5.91 Å². The average Bonchev–Trinajstić information content (AvgIpc) is 2.51. The van der Waals surface area contributed by atoms with Gasteiger partial charge in [0.05, 0.1) is 6.61 Å². The summed E-state index contributed by atoms with van der Waals surface area (Å²) in [6, 6.07) is 6.60. The smallest absolute Gasteiger partial charge is 0.220 e. The van der Waals surface area contributed by atoms with Gasteiger partial charge in [-0.3, -0.25) is 4.79 Å². The second-order valence-corrected chi connectivity index (χ2v) is 6.17. The van der Waals surface area contributed by atoms with E-state index in [1.807, 2.05) is 0 Å². The van der Waals surface area contributed by atoms with E-state index in [2.05, 4.69) is 42.7 Å². The molecule has 1 heterocycles. The Kier molecular flexibility index (Phi) is 6.72. The Labute approximate surface area is 133 Å². The lowest BCUT2D eigenvalue weighted by molar-refractivity contribution is -0.122. The highest BCUT2D eigenvalue weighted by molar-refractivity contribution is 5.76. The molecule has 122 valence electrons. The van der Waals surface area contributed by atoms with E-state index in [9.17, 15) is 4.79 Å². The zero-order valence-corrected chi connectivity index (χ0v) is 13.8. The van der Waals surface area contributed by atoms with Gasteiger partial charge in [-0.25, -0.2) is 0 Å². The predicted molar refractivity (Wildman–Crippen MR) is 89.3 cm³/mol. The van der Waals surface area contributed by atoms with Gasteiger partial charge in [0.1, 0.15) is 5.75 Å². The Bertz CT molecular complexity index is 482. The maximum Gasteiger partial charge on any atom is 0.220 e. The number of hydrogen-bond acceptors (Lipinski definition) is 3. The van der Waals surface area contributed by atoms with Crippen LogP contribution in [-0.2, 0) is 4.79 Å². The highest BCUT2D eigenvalue weighted by Crippen LogP contribution is 2.19. The van der Waals surface area contributed by atoms with Gasteiger partial charge in [-0.05, 0) is 69.8 Å². The summed E-state index contributed by atoms with van der Waals surface area (Å²) in [4.78, 5) is 11.9. The largest absolute Gasteiger partial charge is 0.493 e. The molecule has 0 aromatic heterocycles. The van der Waals surface area contributed by atoms with Gasteiger partial charge >= 0.3 is 0 Å². The van der Waals surface area contributed by atoms with Crippen molar-refractivity contribution in [3.05, 3.63) is 29.3 Å². The lowest BCUT2D eigenvalue weighted by Gasteiger charge is -2.23. The lowest BCUT2D eigenvalue weighted by Crippen LogP contribution is -2.42. The van der Waals surface area contributed by atoms with Crippen LogP contribution in [0.1, 0.15) is 43.2 Å². The Morgan fingerprint density at radius 3 is 2.82 bits per heavy atom. The molecule has 2 N–H and O–H groups in total. The van der Waals surface area contributed by atoms with Crippen LogP contribution < -0.4 is 15.4 Å². The summed E-state index contributed by atoms with van der Waals surface area (Å²) < 4.78 is 5.81. The van der Waals surface area contributed by atoms with E-state index in [0.717, 1.165) is 50.1 Å². The zero-order chi connectivity index (χ0) is 15.8. The summed E-state index contributed by atoms with van der Waals surface area (Å²) in [6.45, 7) is 6.81. The van der Waals surface area contributed by atoms with Crippen molar-refractivity contribution in [3.8, 4) is 5.75 Å². The molecule has 1 amide bonds. The summed E-state index contributed by atoms with van der Waals surface area (Å²) >= 11 is 0. The SMILES string of the molecule is Cc1ccc(C)c(OCCCCC(=O)NC2CCNCC2)c1. The van der Waals surface area contributed by atoms with Crippen LogP contribution in [-0.4, -0.2) is 31.6 Å². The van der Waals surface area contributed by atoms with Crippen molar-refractivity contribution < 1.29 is 9.53 Å². The Morgan fingerprint density at radius 1 is 1.27 bits per heavy atom. The van der Waals surface area contributed by atoms with E-state index in [0.29, 0.717) is 19.1 Å². The van der Waals surface area contributed by atoms with Gasteiger partial charge in [0.15, 0.2) is 0 Å². The first-order chi connectivity index (χ1) is 10.6. The van der Waals surface area contributed by atoms with Gasteiger partial charge in [0, 0.05) is 12.5 Å². The van der Waals surface area contributed by atoms with Crippen LogP contribution in [0.25, 0.3) is 0 Å². The summed E-state index contributed by atoms with van der Waals surface area (Å²) in [7, 11) is 0. The fourth-order valence-electron chi connectivity index (χ4n) is 2.70. The Hall–Kier alpha value is -1.55. The molecule has 1 aliphatic heterocycles. The van der Waals surface area contributed by atoms with Crippen molar-refractivity contribution in [2.75, 3.05) is 19.7 Å². The molecule has 0 aliphatic carbocycles. The number of unbranched alkanes of at least 4 members (excludes halogenated alkanes) is 1. The number of hydrogen-bond donors (Lipinski definition) is 2. The molecule has 1 aromatic carbocycles. The first-order valence-electron chi connectivity index (χ1n) is 8.35. The first-order valence-corrected chi connectivity index (χ1v) is 8.35. The van der Waals surface area contributed by atoms with Crippen molar-refractivity contribution in [2.45, 2.75) is 52.0 Å². The summed E-state index contributed by atoms with van der Waals surface area (Å²) in [5.41, 5.74) is 2.37. The number of nitrogens with one attached hydrogen (secondary N) is 2. The molecule has 1 aliphatic rings. The van der Waals surface area contributed by atoms with Gasteiger partial charge in [0.2, 0.25) is 5.91 Å². The van der Waals surface area contributed by atoms with Crippen LogP contribution in [0.15, 0.2) is 18.2 Å². The minimum absolute atomic E-state index is 0.179. The fourth-order valence-corrected chi connectivity index (χ4v) is 2.70. The molecule has 1 aromatic rings. The topological polar surface area (TPSA) is 50.4 Å². The molecule has 22 heavy (non-hydrogen) atoms. The second-order valence-electron chi connectivity index (χ2n) is 6.17. The summed E-state index contributed by atoms with van der Waals surface area (Å²) in [5, 5.41) is 6.43. The Morgan fingerprint density at radius 2 is 2.05 bits per heavy atom. The van der Waals surface area contributed by atoms with E-state index in [1.54, 1.807) is 0 Å². The minimum atomic E-state index is 0.179. The highest BCUT2D eigenvalue weighted by Gasteiger charge is 2.14. The third-order valence-electron chi connectivity index (χ3n) is 4.10. The molecule has 0 spiro atoms. The van der Waals surface area contributed by atoms with Gasteiger partial charge in [-0.1, -0.05) is 12.1 Å². The van der Waals surface area contributed by atoms with Crippen LogP contribution in [0.5, 0.6) is 5.75 Å². The number of piperidine rings is 1. The monoisotopic (exact) mass is 304 g/mol. The average molecular weight is 304 g/mol. The van der Waals surface area contributed by atoms with Gasteiger partial charge in [-0.2, -0.15) is 0 Å². The Balaban J connectivity index is 1.58. The number of aryl methyl sites for hydroxylation is 2. The molecule has 0 unspecified atom stereocenters. The van der Waals surface area contributed by atoms with Crippen molar-refractivity contribution in [1.29, 1.82) is 0 Å². The number of carbonyl (C=O) groups excluding carboxylic acids is 1. The molecule has 0 atom stereocenters. The molecule has 0 saturated carbocycles. The van der Waals surface area contributed by atoms with Crippen LogP contribution in [0, 0.1) is 13.8 Å². The third kappa shape index (κ3) is 5.68. The number of benzene rings is 1. The van der Waals surface area contributed by atoms with E-state index in [1.165, 1.54) is 5.56 Å². The summed E-state index contributed by atoms with van der Waals surface area (Å²) in [5.74, 6) is 1.14. The van der Waals surface area contributed by atoms with Gasteiger partial charge in [-0.15, -0.1) is 0 Å². The summed E-state index contributed by atoms with van der Waals surface area (Å²) in [6.07, 6.45) is 4.47. The van der Waals surface area contributed by atoms with Crippen molar-refractivity contribution in [3.63, 3.8) is 0 Å². The van der Waals surface area contributed by atoms with Crippen molar-refractivity contribution in [2.24, 2.45) is 0 Å². The zero-order valence-electron chi connectivity index (χ0n) is 13.8. The van der Waals surface area contributed by atoms with E-state index in [-0.39, 0.29) is 5.91 Å². The van der Waals surface area contributed by atoms with E-state index < -0.39 is 0 Å². The maximum atomic E-state index is 11.9. The van der Waals surface area contributed by atoms with Crippen LogP contribution in [0.4, 0.5) is 0 Å². The van der Waals surface area contributed by atoms with Gasteiger partial charge in [0.25, 0.3) is 0 Å². The number of amides is 1. The molecule has 2 rings (SSSR count). The number of rotatable bonds is 7. The molecule has 4 nitrogen and oxygen atoms in total. The van der Waals surface area contributed by atoms with Crippen LogP contribution >= 0.6 is 0 Å². The number of carbonyl (C=O) groups is 1. The van der Waals surface area contributed by atoms with Crippen molar-refractivity contribution in [1.82, 2.24) is 10.6 Å². The third-order valence-corrected chi connectivity index (χ3v) is 4.10. The molecule has 0 bridgehead atoms. The van der Waals surface area contributed by atoms with Gasteiger partial charge < -0.3 is 15.4 Å². The highest BCUT2D eigenvalue weighted by atomic mass is 16.5. The molecule has 4 heteroatoms. The quantitative estimate of drug-likeness (QED) is 0.762. The predicted octanol–water partition coefficient (Wildman–Crippen LogP) is 2.72. The molecular weight excluding hydrogens is 276 g/mol. The first kappa shape index (κ1) is 16.8. The lowest BCUT2D eigenvalue weighted by atomic mass is 10.1. The van der Waals surface area contributed by atoms with E-state index in [4.69, 9.17) is 4.74 Å².